The summed E-state index contributed by atoms with van der Waals surface area (Å²) in [6, 6.07) is 15.4. The van der Waals surface area contributed by atoms with E-state index in [1.54, 1.807) is 91.8 Å². The molecular weight excluding hydrogens is 414 g/mol. The van der Waals surface area contributed by atoms with Gasteiger partial charge in [0.1, 0.15) is 0 Å². The lowest BCUT2D eigenvalue weighted by atomic mass is 9.92. The molecule has 0 amide bonds. The van der Waals surface area contributed by atoms with E-state index in [1.807, 2.05) is 0 Å². The molecule has 0 bridgehead atoms. The first-order valence-corrected chi connectivity index (χ1v) is 9.78. The molecule has 9 heteroatoms. The predicted molar refractivity (Wildman–Crippen MR) is 120 cm³/mol. The first-order valence-electron chi connectivity index (χ1n) is 9.78. The highest BCUT2D eigenvalue weighted by atomic mass is 14.9. The number of nitrogens with zero attached hydrogens (tertiary/aromatic N) is 9. The normalized spacial score (nSPS) is 9.82. The first-order chi connectivity index (χ1) is 16.2. The minimum Gasteiger partial charge on any atom is -0.361 e. The van der Waals surface area contributed by atoms with Gasteiger partial charge in [0, 0.05) is 37.2 Å². The zero-order valence-corrected chi connectivity index (χ0v) is 17.2. The summed E-state index contributed by atoms with van der Waals surface area (Å²) in [5.74, 6) is 0. The highest BCUT2D eigenvalue weighted by molar-refractivity contribution is 6.17. The largest absolute Gasteiger partial charge is 0.361 e. The molecule has 156 valence electrons. The van der Waals surface area contributed by atoms with Gasteiger partial charge in [-0.15, -0.1) is 0 Å². The van der Waals surface area contributed by atoms with Crippen molar-refractivity contribution >= 4 is 17.1 Å². The van der Waals surface area contributed by atoms with Crippen LogP contribution in [0, 0.1) is 0 Å². The Hall–Kier alpha value is -5.19. The summed E-state index contributed by atoms with van der Waals surface area (Å²) < 4.78 is 0. The van der Waals surface area contributed by atoms with Gasteiger partial charge in [0.15, 0.2) is 0 Å². The lowest BCUT2D eigenvalue weighted by molar-refractivity contribution is -0.00300. The van der Waals surface area contributed by atoms with Gasteiger partial charge in [-0.2, -0.15) is 14.4 Å². The molecule has 4 rings (SSSR count). The quantitative estimate of drug-likeness (QED) is 0.263. The molecule has 0 N–H and O–H groups in total. The van der Waals surface area contributed by atoms with Crippen molar-refractivity contribution in [3.05, 3.63) is 142 Å². The molecule has 3 aromatic heterocycles. The molecule has 9 nitrogen and oxygen atoms in total. The summed E-state index contributed by atoms with van der Waals surface area (Å²) in [4.78, 5) is 22.5. The second kappa shape index (κ2) is 9.75. The second-order valence-corrected chi connectivity index (χ2v) is 6.86. The zero-order valence-electron chi connectivity index (χ0n) is 17.2. The molecule has 0 fully saturated rings. The highest BCUT2D eigenvalue weighted by Crippen LogP contribution is 2.19. The van der Waals surface area contributed by atoms with Crippen LogP contribution in [0.25, 0.3) is 16.6 Å². The molecule has 3 heterocycles. The van der Waals surface area contributed by atoms with Gasteiger partial charge in [-0.1, -0.05) is 0 Å². The fourth-order valence-electron chi connectivity index (χ4n) is 3.41. The predicted octanol–water partition coefficient (Wildman–Crippen LogP) is 3.07. The van der Waals surface area contributed by atoms with E-state index in [0.717, 1.165) is 0 Å². The summed E-state index contributed by atoms with van der Waals surface area (Å²) in [7, 11) is 0. The van der Waals surface area contributed by atoms with E-state index in [4.69, 9.17) is 0 Å². The Balaban J connectivity index is 1.97. The molecule has 0 saturated heterocycles. The monoisotopic (exact) mass is 429 g/mol. The fraction of sp³-hybridized carbons (Fsp3) is 0. The van der Waals surface area contributed by atoms with Crippen LogP contribution in [0.3, 0.4) is 0 Å². The van der Waals surface area contributed by atoms with E-state index in [-0.39, 0.29) is 17.1 Å². The number of rotatable bonds is 6. The lowest BCUT2D eigenvalue weighted by Gasteiger charge is -2.05. The van der Waals surface area contributed by atoms with Gasteiger partial charge in [-0.3, -0.25) is 15.0 Å². The zero-order chi connectivity index (χ0) is 23.0. The van der Waals surface area contributed by atoms with Crippen LogP contribution >= 0.6 is 0 Å². The average Bonchev–Trinajstić information content (AvgIpc) is 2.87. The SMILES string of the molecule is [N-]=[N+]=C(c1ccncc1)c1cc(C(=[N+]=[N-])c2ccncc2)cc(C(=[N+]=[N-])c2cccnc2)c1. The van der Waals surface area contributed by atoms with Crippen LogP contribution in [0.4, 0.5) is 0 Å². The molecule has 0 saturated carbocycles. The van der Waals surface area contributed by atoms with Crippen molar-refractivity contribution in [3.8, 4) is 0 Å². The molecule has 0 spiro atoms. The van der Waals surface area contributed by atoms with Gasteiger partial charge < -0.3 is 16.6 Å². The number of benzene rings is 1. The van der Waals surface area contributed by atoms with Gasteiger partial charge >= 0.3 is 17.1 Å². The number of hydrogen-bond donors (Lipinski definition) is 0. The van der Waals surface area contributed by atoms with Crippen LogP contribution in [0.15, 0.2) is 91.8 Å². The van der Waals surface area contributed by atoms with Crippen molar-refractivity contribution in [2.45, 2.75) is 0 Å². The Bertz CT molecular complexity index is 1250. The van der Waals surface area contributed by atoms with Crippen LogP contribution in [0.1, 0.15) is 33.4 Å². The maximum absolute atomic E-state index is 9.83. The van der Waals surface area contributed by atoms with E-state index in [9.17, 15) is 16.6 Å². The van der Waals surface area contributed by atoms with Crippen LogP contribution in [-0.2, 0) is 0 Å². The molecule has 0 radical (unpaired) electrons. The van der Waals surface area contributed by atoms with E-state index in [1.165, 1.54) is 0 Å². The minimum atomic E-state index is 0.241. The van der Waals surface area contributed by atoms with Crippen molar-refractivity contribution in [1.82, 2.24) is 15.0 Å². The Kier molecular flexibility index (Phi) is 6.22. The molecule has 4 aromatic rings. The van der Waals surface area contributed by atoms with Crippen LogP contribution in [-0.4, -0.2) is 46.5 Å². The second-order valence-electron chi connectivity index (χ2n) is 6.86. The lowest BCUT2D eigenvalue weighted by Crippen LogP contribution is -2.14. The molecular formula is C24H15N9. The summed E-state index contributed by atoms with van der Waals surface area (Å²) in [5.41, 5.74) is 33.5. The number of hydrogen-bond acceptors (Lipinski definition) is 3. The smallest absolute Gasteiger partial charge is 0.331 e. The summed E-state index contributed by atoms with van der Waals surface area (Å²) in [6.45, 7) is 0. The van der Waals surface area contributed by atoms with E-state index < -0.39 is 0 Å². The van der Waals surface area contributed by atoms with Crippen molar-refractivity contribution in [2.75, 3.05) is 0 Å². The third kappa shape index (κ3) is 4.46. The highest BCUT2D eigenvalue weighted by Gasteiger charge is 2.26. The van der Waals surface area contributed by atoms with Gasteiger partial charge in [0.05, 0.1) is 33.4 Å². The van der Waals surface area contributed by atoms with Crippen molar-refractivity contribution in [2.24, 2.45) is 0 Å². The standard InChI is InChI=1S/C24H15N9/c25-31-22(16-3-8-28-9-4-16)19-12-20(23(32-26)17-5-10-29-11-6-17)14-21(13-19)24(33-27)18-2-1-7-30-15-18/h1-15H. The first kappa shape index (κ1) is 21.1. The fourth-order valence-corrected chi connectivity index (χ4v) is 3.41. The third-order valence-electron chi connectivity index (χ3n) is 4.90. The van der Waals surface area contributed by atoms with Crippen molar-refractivity contribution in [3.63, 3.8) is 0 Å². The van der Waals surface area contributed by atoms with Crippen molar-refractivity contribution < 1.29 is 14.4 Å². The van der Waals surface area contributed by atoms with E-state index in [2.05, 4.69) is 29.3 Å². The van der Waals surface area contributed by atoms with Gasteiger partial charge in [-0.25, -0.2) is 0 Å². The van der Waals surface area contributed by atoms with Crippen LogP contribution < -0.4 is 0 Å². The Morgan fingerprint density at radius 3 is 1.27 bits per heavy atom. The third-order valence-corrected chi connectivity index (χ3v) is 4.90. The van der Waals surface area contributed by atoms with Gasteiger partial charge in [0.2, 0.25) is 0 Å². The molecule has 0 unspecified atom stereocenters. The van der Waals surface area contributed by atoms with Gasteiger partial charge in [-0.05, 0) is 54.6 Å². The maximum atomic E-state index is 9.83. The average molecular weight is 429 g/mol. The van der Waals surface area contributed by atoms with E-state index in [0.29, 0.717) is 33.4 Å². The molecule has 0 aliphatic heterocycles. The molecule has 0 aliphatic rings. The number of aromatic nitrogens is 3. The van der Waals surface area contributed by atoms with Crippen LogP contribution in [0.2, 0.25) is 0 Å². The summed E-state index contributed by atoms with van der Waals surface area (Å²) in [5, 5.41) is 0. The summed E-state index contributed by atoms with van der Waals surface area (Å²) >= 11 is 0. The molecule has 0 aliphatic carbocycles. The summed E-state index contributed by atoms with van der Waals surface area (Å²) in [6.07, 6.45) is 9.51. The topological polar surface area (TPSA) is 148 Å². The maximum Gasteiger partial charge on any atom is 0.331 e. The molecule has 1 aromatic carbocycles. The van der Waals surface area contributed by atoms with Gasteiger partial charge in [0.25, 0.3) is 0 Å². The molecule has 33 heavy (non-hydrogen) atoms. The van der Waals surface area contributed by atoms with Crippen molar-refractivity contribution in [1.29, 1.82) is 0 Å². The minimum absolute atomic E-state index is 0.241. The van der Waals surface area contributed by atoms with E-state index >= 15 is 0 Å². The molecule has 0 atom stereocenters. The Morgan fingerprint density at radius 1 is 0.485 bits per heavy atom. The van der Waals surface area contributed by atoms with Crippen LogP contribution in [0.5, 0.6) is 0 Å². The number of pyridine rings is 3. The Morgan fingerprint density at radius 2 is 0.909 bits per heavy atom. The Labute approximate surface area is 188 Å².